The Hall–Kier alpha value is -3.07. The molecule has 1 rings (SSSR count). The number of quaternary nitrogens is 1. The number of nitro benzene ring substituents is 2. The Bertz CT molecular complexity index is 684. The van der Waals surface area contributed by atoms with E-state index in [0.717, 1.165) is 12.1 Å². The van der Waals surface area contributed by atoms with Gasteiger partial charge in [-0.15, -0.1) is 0 Å². The molecule has 9 heteroatoms. The summed E-state index contributed by atoms with van der Waals surface area (Å²) in [5, 5.41) is 32.2. The highest BCUT2D eigenvalue weighted by molar-refractivity contribution is 5.92. The molecule has 0 saturated heterocycles. The van der Waals surface area contributed by atoms with Crippen LogP contribution in [0, 0.1) is 20.2 Å². The van der Waals surface area contributed by atoms with Crippen molar-refractivity contribution in [2.45, 2.75) is 13.3 Å². The molecule has 0 bridgehead atoms. The maximum Gasteiger partial charge on any atom is 0.337 e. The Kier molecular flexibility index (Phi) is 6.52. The number of nitrogens with zero attached hydrogens (tertiary/aromatic N) is 3. The van der Waals surface area contributed by atoms with Gasteiger partial charge in [0, 0.05) is 12.1 Å². The van der Waals surface area contributed by atoms with E-state index in [9.17, 15) is 25.0 Å². The lowest BCUT2D eigenvalue weighted by atomic mass is 10.1. The number of nitro groups is 2. The number of hydrogen-bond donors (Lipinski definition) is 1. The molecule has 134 valence electrons. The number of hydrogen-bond acceptors (Lipinski definition) is 5. The molecule has 1 N–H and O–H groups in total. The van der Waals surface area contributed by atoms with Crippen molar-refractivity contribution in [2.75, 3.05) is 19.6 Å². The van der Waals surface area contributed by atoms with E-state index in [-0.39, 0.29) is 23.3 Å². The Morgan fingerprint density at radius 3 is 1.88 bits per heavy atom. The normalized spacial score (nSPS) is 10.9. The number of rotatable bonds is 10. The summed E-state index contributed by atoms with van der Waals surface area (Å²) in [4.78, 5) is 32.7. The van der Waals surface area contributed by atoms with Gasteiger partial charge in [0.2, 0.25) is 0 Å². The molecule has 0 spiro atoms. The lowest BCUT2D eigenvalue weighted by Gasteiger charge is -2.35. The van der Waals surface area contributed by atoms with Gasteiger partial charge >= 0.3 is 17.3 Å². The Labute approximate surface area is 144 Å². The lowest BCUT2D eigenvalue weighted by molar-refractivity contribution is -0.394. The van der Waals surface area contributed by atoms with Crippen molar-refractivity contribution in [3.8, 4) is 0 Å². The summed E-state index contributed by atoms with van der Waals surface area (Å²) in [6, 6.07) is 1.72. The van der Waals surface area contributed by atoms with E-state index in [2.05, 4.69) is 13.2 Å². The molecule has 0 aliphatic carbocycles. The average molecular weight is 350 g/mol. The highest BCUT2D eigenvalue weighted by Gasteiger charge is 2.43. The highest BCUT2D eigenvalue weighted by Crippen LogP contribution is 2.43. The fourth-order valence-corrected chi connectivity index (χ4v) is 2.97. The number of aromatic carboxylic acids is 1. The predicted octanol–water partition coefficient (Wildman–Crippen LogP) is 3.29. The first-order chi connectivity index (χ1) is 11.7. The van der Waals surface area contributed by atoms with Crippen molar-refractivity contribution in [3.05, 3.63) is 63.2 Å². The molecular weight excluding hydrogens is 330 g/mol. The van der Waals surface area contributed by atoms with Gasteiger partial charge in [0.15, 0.2) is 0 Å². The van der Waals surface area contributed by atoms with Crippen LogP contribution in [-0.2, 0) is 0 Å². The zero-order valence-corrected chi connectivity index (χ0v) is 13.9. The largest absolute Gasteiger partial charge is 0.478 e. The fraction of sp³-hybridized carbons (Fsp3) is 0.312. The predicted molar refractivity (Wildman–Crippen MR) is 93.8 cm³/mol. The molecule has 1 aromatic carbocycles. The summed E-state index contributed by atoms with van der Waals surface area (Å²) in [5.41, 5.74) is -1.83. The molecule has 1 aromatic rings. The van der Waals surface area contributed by atoms with Crippen molar-refractivity contribution in [1.82, 2.24) is 4.48 Å². The first kappa shape index (κ1) is 20.0. The highest BCUT2D eigenvalue weighted by atomic mass is 16.6. The molecule has 0 fully saturated rings. The molecule has 0 amide bonds. The van der Waals surface area contributed by atoms with Gasteiger partial charge in [-0.25, -0.2) is 4.79 Å². The minimum Gasteiger partial charge on any atom is -0.478 e. The summed E-state index contributed by atoms with van der Waals surface area (Å²) in [6.45, 7) is 9.91. The van der Waals surface area contributed by atoms with E-state index < -0.39 is 32.8 Å². The average Bonchev–Trinajstić information content (AvgIpc) is 2.53. The molecule has 0 unspecified atom stereocenters. The van der Waals surface area contributed by atoms with Gasteiger partial charge in [-0.05, 0) is 18.6 Å². The number of carboxylic acid groups (broad SMARTS) is 1. The third kappa shape index (κ3) is 4.07. The van der Waals surface area contributed by atoms with Crippen LogP contribution in [0.4, 0.5) is 17.1 Å². The number of benzene rings is 1. The van der Waals surface area contributed by atoms with Crippen LogP contribution in [0.15, 0.2) is 37.4 Å². The molecule has 0 heterocycles. The molecule has 0 atom stereocenters. The van der Waals surface area contributed by atoms with Crippen LogP contribution in [0.5, 0.6) is 0 Å². The second-order valence-corrected chi connectivity index (χ2v) is 5.49. The second-order valence-electron chi connectivity index (χ2n) is 5.49. The van der Waals surface area contributed by atoms with Crippen LogP contribution in [0.25, 0.3) is 0 Å². The molecule has 0 aromatic heterocycles. The monoisotopic (exact) mass is 350 g/mol. The Morgan fingerprint density at radius 2 is 1.60 bits per heavy atom. The molecule has 0 aliphatic heterocycles. The van der Waals surface area contributed by atoms with E-state index in [1.54, 1.807) is 0 Å². The van der Waals surface area contributed by atoms with Gasteiger partial charge in [0.25, 0.3) is 5.69 Å². The third-order valence-corrected chi connectivity index (χ3v) is 3.79. The molecular formula is C16H20N3O6+. The van der Waals surface area contributed by atoms with Crippen LogP contribution in [-0.4, -0.2) is 40.6 Å². The summed E-state index contributed by atoms with van der Waals surface area (Å²) in [5.74, 6) is -1.47. The Morgan fingerprint density at radius 1 is 1.16 bits per heavy atom. The summed E-state index contributed by atoms with van der Waals surface area (Å²) in [7, 11) is 0. The SMILES string of the molecule is C=CC[N+](CC=C)(CCC)c1c([N+](=O)[O-])cc(C(=O)O)cc1[N+](=O)[O-]. The van der Waals surface area contributed by atoms with Crippen molar-refractivity contribution in [3.63, 3.8) is 0 Å². The van der Waals surface area contributed by atoms with Gasteiger partial charge in [0.05, 0.1) is 22.0 Å². The maximum atomic E-state index is 11.6. The summed E-state index contributed by atoms with van der Waals surface area (Å²) >= 11 is 0. The van der Waals surface area contributed by atoms with E-state index in [1.165, 1.54) is 12.2 Å². The van der Waals surface area contributed by atoms with Gasteiger partial charge < -0.3 is 5.11 Å². The van der Waals surface area contributed by atoms with Gasteiger partial charge in [-0.1, -0.05) is 20.1 Å². The quantitative estimate of drug-likeness (QED) is 0.299. The van der Waals surface area contributed by atoms with Crippen molar-refractivity contribution >= 4 is 23.0 Å². The standard InChI is InChI=1S/C16H19N3O6/c1-4-7-19(8-5-2,9-6-3)15-13(17(22)23)10-12(16(20)21)11-14(15)18(24)25/h4-5,10-11H,1-2,6-9H2,3H3/p+1. The third-order valence-electron chi connectivity index (χ3n) is 3.79. The van der Waals surface area contributed by atoms with E-state index in [1.807, 2.05) is 6.92 Å². The van der Waals surface area contributed by atoms with Crippen LogP contribution in [0.3, 0.4) is 0 Å². The van der Waals surface area contributed by atoms with Gasteiger partial charge in [-0.3, -0.25) is 24.7 Å². The van der Waals surface area contributed by atoms with Crippen LogP contribution in [0.1, 0.15) is 23.7 Å². The van der Waals surface area contributed by atoms with Crippen molar-refractivity contribution in [1.29, 1.82) is 0 Å². The molecule has 0 saturated carbocycles. The second kappa shape index (κ2) is 8.15. The number of carboxylic acids is 1. The van der Waals surface area contributed by atoms with Crippen LogP contribution < -0.4 is 4.48 Å². The fourth-order valence-electron chi connectivity index (χ4n) is 2.97. The van der Waals surface area contributed by atoms with E-state index >= 15 is 0 Å². The first-order valence-corrected chi connectivity index (χ1v) is 7.52. The number of carbonyl (C=O) groups is 1. The van der Waals surface area contributed by atoms with Crippen molar-refractivity contribution in [2.24, 2.45) is 0 Å². The lowest BCUT2D eigenvalue weighted by Crippen LogP contribution is -2.50. The molecule has 9 nitrogen and oxygen atoms in total. The van der Waals surface area contributed by atoms with Crippen LogP contribution in [0.2, 0.25) is 0 Å². The summed E-state index contributed by atoms with van der Waals surface area (Å²) < 4.78 is -0.129. The van der Waals surface area contributed by atoms with Gasteiger partial charge in [0.1, 0.15) is 13.1 Å². The topological polar surface area (TPSA) is 124 Å². The minimum absolute atomic E-state index is 0.129. The smallest absolute Gasteiger partial charge is 0.337 e. The molecule has 0 radical (unpaired) electrons. The van der Waals surface area contributed by atoms with Crippen LogP contribution >= 0.6 is 0 Å². The zero-order chi connectivity index (χ0) is 19.2. The van der Waals surface area contributed by atoms with E-state index in [0.29, 0.717) is 13.0 Å². The zero-order valence-electron chi connectivity index (χ0n) is 13.9. The van der Waals surface area contributed by atoms with Gasteiger partial charge in [-0.2, -0.15) is 0 Å². The minimum atomic E-state index is -1.47. The molecule has 25 heavy (non-hydrogen) atoms. The molecule has 0 aliphatic rings. The maximum absolute atomic E-state index is 11.6. The van der Waals surface area contributed by atoms with Crippen molar-refractivity contribution < 1.29 is 19.7 Å². The van der Waals surface area contributed by atoms with E-state index in [4.69, 9.17) is 5.11 Å². The first-order valence-electron chi connectivity index (χ1n) is 7.52. The Balaban J connectivity index is 3.98. The summed E-state index contributed by atoms with van der Waals surface area (Å²) in [6.07, 6.45) is 3.64.